The number of H-pyrrole nitrogens is 1. The van der Waals surface area contributed by atoms with Crippen molar-refractivity contribution in [3.05, 3.63) is 77.6 Å². The number of nitrogens with one attached hydrogen (secondary N) is 3. The Kier molecular flexibility index (Phi) is 7.20. The molecule has 0 bridgehead atoms. The fourth-order valence-corrected chi connectivity index (χ4v) is 3.33. The number of nitrogens with zero attached hydrogens (tertiary/aromatic N) is 2. The fourth-order valence-electron chi connectivity index (χ4n) is 2.55. The SMILES string of the molecule is O=C(CCNC(=O)c1ccccc1CSc1ncn[nH]1)NCc1ccccc1. The van der Waals surface area contributed by atoms with Gasteiger partial charge in [-0.2, -0.15) is 5.10 Å². The lowest BCUT2D eigenvalue weighted by atomic mass is 10.1. The third kappa shape index (κ3) is 5.95. The first-order valence-electron chi connectivity index (χ1n) is 8.87. The van der Waals surface area contributed by atoms with Crippen molar-refractivity contribution in [1.82, 2.24) is 25.8 Å². The first-order chi connectivity index (χ1) is 13.7. The number of carbonyl (C=O) groups is 2. The third-order valence-electron chi connectivity index (χ3n) is 3.99. The minimum atomic E-state index is -0.190. The molecule has 3 N–H and O–H groups in total. The smallest absolute Gasteiger partial charge is 0.251 e. The zero-order chi connectivity index (χ0) is 19.6. The summed E-state index contributed by atoms with van der Waals surface area (Å²) >= 11 is 1.47. The summed E-state index contributed by atoms with van der Waals surface area (Å²) in [5.41, 5.74) is 2.53. The van der Waals surface area contributed by atoms with Crippen LogP contribution in [0.15, 0.2) is 66.1 Å². The lowest BCUT2D eigenvalue weighted by Crippen LogP contribution is -2.30. The molecule has 0 saturated heterocycles. The van der Waals surface area contributed by atoms with Gasteiger partial charge in [-0.15, -0.1) is 0 Å². The zero-order valence-corrected chi connectivity index (χ0v) is 16.0. The predicted molar refractivity (Wildman–Crippen MR) is 108 cm³/mol. The average Bonchev–Trinajstić information content (AvgIpc) is 3.25. The van der Waals surface area contributed by atoms with Crippen LogP contribution in [0.2, 0.25) is 0 Å². The Morgan fingerprint density at radius 3 is 2.57 bits per heavy atom. The number of carbonyl (C=O) groups excluding carboxylic acids is 2. The number of aromatic nitrogens is 3. The Hall–Kier alpha value is -3.13. The monoisotopic (exact) mass is 395 g/mol. The zero-order valence-electron chi connectivity index (χ0n) is 15.2. The molecule has 1 heterocycles. The minimum Gasteiger partial charge on any atom is -0.352 e. The summed E-state index contributed by atoms with van der Waals surface area (Å²) in [6.07, 6.45) is 1.68. The van der Waals surface area contributed by atoms with Gasteiger partial charge in [-0.1, -0.05) is 60.3 Å². The second kappa shape index (κ2) is 10.3. The van der Waals surface area contributed by atoms with Gasteiger partial charge in [0.1, 0.15) is 6.33 Å². The van der Waals surface area contributed by atoms with Crippen LogP contribution < -0.4 is 10.6 Å². The quantitative estimate of drug-likeness (QED) is 0.484. The highest BCUT2D eigenvalue weighted by Crippen LogP contribution is 2.21. The van der Waals surface area contributed by atoms with Gasteiger partial charge in [-0.3, -0.25) is 14.7 Å². The van der Waals surface area contributed by atoms with Crippen LogP contribution in [0, 0.1) is 0 Å². The van der Waals surface area contributed by atoms with Crippen molar-refractivity contribution in [3.63, 3.8) is 0 Å². The molecule has 2 amide bonds. The van der Waals surface area contributed by atoms with Crippen LogP contribution in [0.1, 0.15) is 27.9 Å². The molecule has 8 heteroatoms. The summed E-state index contributed by atoms with van der Waals surface area (Å²) in [5, 5.41) is 13.0. The highest BCUT2D eigenvalue weighted by atomic mass is 32.2. The van der Waals surface area contributed by atoms with Crippen LogP contribution in [-0.2, 0) is 17.1 Å². The van der Waals surface area contributed by atoms with Crippen LogP contribution in [0.5, 0.6) is 0 Å². The Labute approximate surface area is 167 Å². The molecule has 0 saturated carbocycles. The maximum atomic E-state index is 12.5. The van der Waals surface area contributed by atoms with Crippen LogP contribution in [0.3, 0.4) is 0 Å². The topological polar surface area (TPSA) is 99.8 Å². The third-order valence-corrected chi connectivity index (χ3v) is 4.91. The van der Waals surface area contributed by atoms with Gasteiger partial charge in [0.2, 0.25) is 5.91 Å². The van der Waals surface area contributed by atoms with Gasteiger partial charge >= 0.3 is 0 Å². The van der Waals surface area contributed by atoms with Crippen molar-refractivity contribution in [2.24, 2.45) is 0 Å². The van der Waals surface area contributed by atoms with Gasteiger partial charge in [-0.05, 0) is 17.2 Å². The molecule has 28 heavy (non-hydrogen) atoms. The Morgan fingerprint density at radius 2 is 1.79 bits per heavy atom. The molecule has 0 aliphatic rings. The maximum Gasteiger partial charge on any atom is 0.251 e. The Balaban J connectivity index is 1.45. The van der Waals surface area contributed by atoms with Crippen molar-refractivity contribution >= 4 is 23.6 Å². The van der Waals surface area contributed by atoms with E-state index in [4.69, 9.17) is 0 Å². The van der Waals surface area contributed by atoms with Gasteiger partial charge < -0.3 is 10.6 Å². The summed E-state index contributed by atoms with van der Waals surface area (Å²) in [4.78, 5) is 28.5. The molecule has 0 aliphatic heterocycles. The van der Waals surface area contributed by atoms with E-state index in [1.54, 1.807) is 6.07 Å². The van der Waals surface area contributed by atoms with E-state index in [1.807, 2.05) is 48.5 Å². The van der Waals surface area contributed by atoms with E-state index >= 15 is 0 Å². The van der Waals surface area contributed by atoms with Crippen LogP contribution in [0.25, 0.3) is 0 Å². The highest BCUT2D eigenvalue weighted by Gasteiger charge is 2.12. The number of amides is 2. The summed E-state index contributed by atoms with van der Waals surface area (Å²) in [6.45, 7) is 0.762. The fraction of sp³-hybridized carbons (Fsp3) is 0.200. The maximum absolute atomic E-state index is 12.5. The summed E-state index contributed by atoms with van der Waals surface area (Å²) in [6, 6.07) is 17.1. The average molecular weight is 395 g/mol. The normalized spacial score (nSPS) is 10.4. The van der Waals surface area contributed by atoms with Crippen molar-refractivity contribution < 1.29 is 9.59 Å². The lowest BCUT2D eigenvalue weighted by Gasteiger charge is -2.10. The minimum absolute atomic E-state index is 0.0988. The molecule has 144 valence electrons. The van der Waals surface area contributed by atoms with Crippen molar-refractivity contribution in [1.29, 1.82) is 0 Å². The summed E-state index contributed by atoms with van der Waals surface area (Å²) in [5.74, 6) is 0.305. The molecule has 1 aromatic heterocycles. The van der Waals surface area contributed by atoms with Crippen LogP contribution >= 0.6 is 11.8 Å². The predicted octanol–water partition coefficient (Wildman–Crippen LogP) is 2.53. The molecule has 3 rings (SSSR count). The number of hydrogen-bond acceptors (Lipinski definition) is 5. The van der Waals surface area contributed by atoms with Gasteiger partial charge in [0, 0.05) is 30.8 Å². The first-order valence-corrected chi connectivity index (χ1v) is 9.86. The molecule has 0 spiro atoms. The largest absolute Gasteiger partial charge is 0.352 e. The standard InChI is InChI=1S/C20H21N5O2S/c26-18(22-12-15-6-2-1-3-7-15)10-11-21-19(27)17-9-5-4-8-16(17)13-28-20-23-14-24-25-20/h1-9,14H,10-13H2,(H,21,27)(H,22,26)(H,23,24,25). The van der Waals surface area contributed by atoms with E-state index in [-0.39, 0.29) is 24.8 Å². The molecule has 3 aromatic rings. The number of rotatable bonds is 9. The van der Waals surface area contributed by atoms with E-state index in [2.05, 4.69) is 25.8 Å². The number of benzene rings is 2. The summed E-state index contributed by atoms with van der Waals surface area (Å²) < 4.78 is 0. The molecule has 7 nitrogen and oxygen atoms in total. The Morgan fingerprint density at radius 1 is 1.00 bits per heavy atom. The van der Waals surface area contributed by atoms with Crippen molar-refractivity contribution in [2.45, 2.75) is 23.9 Å². The molecular weight excluding hydrogens is 374 g/mol. The molecule has 0 fully saturated rings. The van der Waals surface area contributed by atoms with E-state index in [0.29, 0.717) is 23.0 Å². The van der Waals surface area contributed by atoms with E-state index < -0.39 is 0 Å². The van der Waals surface area contributed by atoms with Gasteiger partial charge in [0.05, 0.1) is 0 Å². The van der Waals surface area contributed by atoms with Crippen LogP contribution in [0.4, 0.5) is 0 Å². The highest BCUT2D eigenvalue weighted by molar-refractivity contribution is 7.98. The molecule has 0 radical (unpaired) electrons. The second-order valence-corrected chi connectivity index (χ2v) is 6.97. The van der Waals surface area contributed by atoms with Crippen LogP contribution in [-0.4, -0.2) is 33.5 Å². The van der Waals surface area contributed by atoms with Gasteiger partial charge in [0.15, 0.2) is 5.16 Å². The van der Waals surface area contributed by atoms with E-state index in [0.717, 1.165) is 11.1 Å². The molecule has 0 aliphatic carbocycles. The first kappa shape index (κ1) is 19.6. The van der Waals surface area contributed by atoms with Gasteiger partial charge in [-0.25, -0.2) is 4.98 Å². The molecule has 0 atom stereocenters. The van der Waals surface area contributed by atoms with E-state index in [9.17, 15) is 9.59 Å². The second-order valence-electron chi connectivity index (χ2n) is 6.00. The number of thioether (sulfide) groups is 1. The van der Waals surface area contributed by atoms with Gasteiger partial charge in [0.25, 0.3) is 5.91 Å². The number of aromatic amines is 1. The lowest BCUT2D eigenvalue weighted by molar-refractivity contribution is -0.121. The van der Waals surface area contributed by atoms with Crippen molar-refractivity contribution in [3.8, 4) is 0 Å². The number of hydrogen-bond donors (Lipinski definition) is 3. The molecule has 2 aromatic carbocycles. The molecular formula is C20H21N5O2S. The molecule has 0 unspecified atom stereocenters. The summed E-state index contributed by atoms with van der Waals surface area (Å²) in [7, 11) is 0. The van der Waals surface area contributed by atoms with E-state index in [1.165, 1.54) is 18.1 Å². The Bertz CT molecular complexity index is 900. The van der Waals surface area contributed by atoms with Crippen molar-refractivity contribution in [2.75, 3.05) is 6.54 Å².